The van der Waals surface area contributed by atoms with E-state index in [-0.39, 0.29) is 0 Å². The van der Waals surface area contributed by atoms with Gasteiger partial charge in [0.15, 0.2) is 0 Å². The number of aliphatic hydroxyl groups excluding tert-OH is 1. The number of methoxy groups -OCH3 is 1. The average molecular weight is 278 g/mol. The zero-order chi connectivity index (χ0) is 14.4. The van der Waals surface area contributed by atoms with Gasteiger partial charge in [-0.3, -0.25) is 0 Å². The predicted octanol–water partition coefficient (Wildman–Crippen LogP) is 3.57. The Labute approximate surface area is 121 Å². The summed E-state index contributed by atoms with van der Waals surface area (Å²) in [5.74, 6) is 1.93. The molecule has 2 rings (SSSR count). The third kappa shape index (κ3) is 3.74. The summed E-state index contributed by atoms with van der Waals surface area (Å²) in [5, 5.41) is 10.7. The Morgan fingerprint density at radius 3 is 2.75 bits per heavy atom. The summed E-state index contributed by atoms with van der Waals surface area (Å²) in [5.41, 5.74) is 0.922. The van der Waals surface area contributed by atoms with Crippen LogP contribution in [-0.2, 0) is 4.74 Å². The van der Waals surface area contributed by atoms with Crippen molar-refractivity contribution in [2.24, 2.45) is 11.8 Å². The van der Waals surface area contributed by atoms with Gasteiger partial charge in [-0.2, -0.15) is 0 Å². The molecule has 1 saturated carbocycles. The topological polar surface area (TPSA) is 38.7 Å². The van der Waals surface area contributed by atoms with E-state index in [9.17, 15) is 5.11 Å². The van der Waals surface area contributed by atoms with Crippen molar-refractivity contribution < 1.29 is 14.6 Å². The molecule has 0 spiro atoms. The van der Waals surface area contributed by atoms with Crippen molar-refractivity contribution in [3.8, 4) is 5.75 Å². The molecular weight excluding hydrogens is 252 g/mol. The molecule has 0 radical (unpaired) electrons. The van der Waals surface area contributed by atoms with Crippen molar-refractivity contribution in [2.45, 2.75) is 38.7 Å². The minimum absolute atomic E-state index is 0.368. The number of rotatable bonds is 7. The summed E-state index contributed by atoms with van der Waals surface area (Å²) < 4.78 is 10.7. The van der Waals surface area contributed by atoms with Gasteiger partial charge in [-0.1, -0.05) is 38.0 Å². The SMILES string of the molecule is CCC1CCC(C(O)c2ccccc2OCCOC)C1. The molecule has 3 atom stereocenters. The highest BCUT2D eigenvalue weighted by Gasteiger charge is 2.31. The fourth-order valence-corrected chi connectivity index (χ4v) is 3.12. The van der Waals surface area contributed by atoms with Crippen LogP contribution in [0.1, 0.15) is 44.3 Å². The molecule has 0 bridgehead atoms. The number of para-hydroxylation sites is 1. The smallest absolute Gasteiger partial charge is 0.125 e. The Hall–Kier alpha value is -1.06. The first-order valence-electron chi connectivity index (χ1n) is 7.65. The van der Waals surface area contributed by atoms with Crippen molar-refractivity contribution in [1.82, 2.24) is 0 Å². The predicted molar refractivity (Wildman–Crippen MR) is 79.9 cm³/mol. The maximum absolute atomic E-state index is 10.7. The number of benzene rings is 1. The maximum Gasteiger partial charge on any atom is 0.125 e. The van der Waals surface area contributed by atoms with Crippen LogP contribution in [0.4, 0.5) is 0 Å². The Balaban J connectivity index is 2.03. The lowest BCUT2D eigenvalue weighted by atomic mass is 9.92. The quantitative estimate of drug-likeness (QED) is 0.775. The highest BCUT2D eigenvalue weighted by Crippen LogP contribution is 2.42. The summed E-state index contributed by atoms with van der Waals surface area (Å²) in [6.45, 7) is 3.31. The molecule has 1 aliphatic carbocycles. The molecule has 1 aliphatic rings. The summed E-state index contributed by atoms with van der Waals surface area (Å²) in [4.78, 5) is 0. The Morgan fingerprint density at radius 2 is 2.05 bits per heavy atom. The minimum atomic E-state index is -0.412. The van der Waals surface area contributed by atoms with Gasteiger partial charge in [0.05, 0.1) is 12.7 Å². The van der Waals surface area contributed by atoms with E-state index in [1.807, 2.05) is 24.3 Å². The van der Waals surface area contributed by atoms with Crippen LogP contribution in [0.3, 0.4) is 0 Å². The van der Waals surface area contributed by atoms with E-state index < -0.39 is 6.10 Å². The zero-order valence-electron chi connectivity index (χ0n) is 12.5. The molecule has 0 aliphatic heterocycles. The highest BCUT2D eigenvalue weighted by molar-refractivity contribution is 5.35. The molecule has 3 nitrogen and oxygen atoms in total. The minimum Gasteiger partial charge on any atom is -0.491 e. The van der Waals surface area contributed by atoms with Gasteiger partial charge < -0.3 is 14.6 Å². The number of ether oxygens (including phenoxy) is 2. The molecule has 0 amide bonds. The lowest BCUT2D eigenvalue weighted by Crippen LogP contribution is -2.13. The molecule has 1 aromatic rings. The van der Waals surface area contributed by atoms with Crippen molar-refractivity contribution in [3.05, 3.63) is 29.8 Å². The van der Waals surface area contributed by atoms with Gasteiger partial charge in [0.25, 0.3) is 0 Å². The first-order valence-corrected chi connectivity index (χ1v) is 7.65. The second kappa shape index (κ2) is 7.65. The Morgan fingerprint density at radius 1 is 1.25 bits per heavy atom. The number of aliphatic hydroxyl groups is 1. The third-order valence-corrected chi connectivity index (χ3v) is 4.39. The lowest BCUT2D eigenvalue weighted by molar-refractivity contribution is 0.101. The summed E-state index contributed by atoms with van der Waals surface area (Å²) in [6.07, 6.45) is 4.29. The Bertz CT molecular complexity index is 405. The first kappa shape index (κ1) is 15.3. The third-order valence-electron chi connectivity index (χ3n) is 4.39. The lowest BCUT2D eigenvalue weighted by Gasteiger charge is -2.21. The molecule has 0 aromatic heterocycles. The van der Waals surface area contributed by atoms with Crippen LogP contribution in [-0.4, -0.2) is 25.4 Å². The summed E-state index contributed by atoms with van der Waals surface area (Å²) >= 11 is 0. The van der Waals surface area contributed by atoms with Gasteiger partial charge in [-0.15, -0.1) is 0 Å². The van der Waals surface area contributed by atoms with E-state index in [1.54, 1.807) is 7.11 Å². The van der Waals surface area contributed by atoms with Crippen molar-refractivity contribution in [1.29, 1.82) is 0 Å². The maximum atomic E-state index is 10.7. The van der Waals surface area contributed by atoms with E-state index in [1.165, 1.54) is 12.8 Å². The molecule has 1 fully saturated rings. The van der Waals surface area contributed by atoms with Gasteiger partial charge in [0.2, 0.25) is 0 Å². The summed E-state index contributed by atoms with van der Waals surface area (Å²) in [7, 11) is 1.66. The fourth-order valence-electron chi connectivity index (χ4n) is 3.12. The molecule has 20 heavy (non-hydrogen) atoms. The van der Waals surface area contributed by atoms with E-state index in [2.05, 4.69) is 6.92 Å². The second-order valence-electron chi connectivity index (χ2n) is 5.67. The standard InChI is InChI=1S/C17H26O3/c1-3-13-8-9-14(12-13)17(18)15-6-4-5-7-16(15)20-11-10-19-2/h4-7,13-14,17-18H,3,8-12H2,1-2H3. The van der Waals surface area contributed by atoms with Crippen molar-refractivity contribution in [2.75, 3.05) is 20.3 Å². The van der Waals surface area contributed by atoms with E-state index in [0.717, 1.165) is 30.1 Å². The monoisotopic (exact) mass is 278 g/mol. The Kier molecular flexibility index (Phi) is 5.86. The average Bonchev–Trinajstić information content (AvgIpc) is 2.96. The molecule has 1 aromatic carbocycles. The highest BCUT2D eigenvalue weighted by atomic mass is 16.5. The van der Waals surface area contributed by atoms with Crippen molar-refractivity contribution in [3.63, 3.8) is 0 Å². The second-order valence-corrected chi connectivity index (χ2v) is 5.67. The normalized spacial score (nSPS) is 23.8. The van der Waals surface area contributed by atoms with Crippen LogP contribution >= 0.6 is 0 Å². The van der Waals surface area contributed by atoms with Gasteiger partial charge >= 0.3 is 0 Å². The molecule has 3 heteroatoms. The van der Waals surface area contributed by atoms with Gasteiger partial charge in [0.1, 0.15) is 12.4 Å². The molecule has 0 saturated heterocycles. The van der Waals surface area contributed by atoms with Crippen LogP contribution in [0.2, 0.25) is 0 Å². The summed E-state index contributed by atoms with van der Waals surface area (Å²) in [6, 6.07) is 7.82. The van der Waals surface area contributed by atoms with E-state index in [0.29, 0.717) is 19.1 Å². The van der Waals surface area contributed by atoms with Crippen LogP contribution < -0.4 is 4.74 Å². The van der Waals surface area contributed by atoms with Gasteiger partial charge in [0, 0.05) is 12.7 Å². The van der Waals surface area contributed by atoms with Crippen LogP contribution in [0.5, 0.6) is 5.75 Å². The molecular formula is C17H26O3. The van der Waals surface area contributed by atoms with Crippen molar-refractivity contribution >= 4 is 0 Å². The first-order chi connectivity index (χ1) is 9.76. The van der Waals surface area contributed by atoms with Gasteiger partial charge in [-0.25, -0.2) is 0 Å². The van der Waals surface area contributed by atoms with E-state index in [4.69, 9.17) is 9.47 Å². The van der Waals surface area contributed by atoms with E-state index >= 15 is 0 Å². The van der Waals surface area contributed by atoms with Crippen LogP contribution in [0.25, 0.3) is 0 Å². The van der Waals surface area contributed by atoms with Gasteiger partial charge in [-0.05, 0) is 30.7 Å². The largest absolute Gasteiger partial charge is 0.491 e. The molecule has 112 valence electrons. The van der Waals surface area contributed by atoms with Crippen LogP contribution in [0.15, 0.2) is 24.3 Å². The molecule has 1 N–H and O–H groups in total. The number of hydrogen-bond donors (Lipinski definition) is 1. The molecule has 0 heterocycles. The zero-order valence-corrected chi connectivity index (χ0v) is 12.5. The number of hydrogen-bond acceptors (Lipinski definition) is 3. The fraction of sp³-hybridized carbons (Fsp3) is 0.647. The van der Waals surface area contributed by atoms with Crippen LogP contribution in [0, 0.1) is 11.8 Å². The molecule has 3 unspecified atom stereocenters.